The van der Waals surface area contributed by atoms with E-state index in [0.717, 1.165) is 19.4 Å². The van der Waals surface area contributed by atoms with Crippen LogP contribution < -0.4 is 0 Å². The summed E-state index contributed by atoms with van der Waals surface area (Å²) in [5.74, 6) is -0.120. The van der Waals surface area contributed by atoms with Gasteiger partial charge in [-0.2, -0.15) is 0 Å². The molecule has 1 atom stereocenters. The van der Waals surface area contributed by atoms with E-state index in [-0.39, 0.29) is 41.1 Å². The second kappa shape index (κ2) is 14.9. The molecule has 4 heteroatoms. The molecule has 0 saturated heterocycles. The molecule has 1 unspecified atom stereocenters. The van der Waals surface area contributed by atoms with Gasteiger partial charge in [0.15, 0.2) is 0 Å². The second-order valence-corrected chi connectivity index (χ2v) is 6.60. The molecule has 0 heterocycles. The van der Waals surface area contributed by atoms with Crippen LogP contribution in [0.4, 0.5) is 0 Å². The van der Waals surface area contributed by atoms with Crippen molar-refractivity contribution in [2.45, 2.75) is 70.2 Å². The minimum Gasteiger partial charge on any atom is -0.464 e. The number of nitrogens with zero attached hydrogens (tertiary/aromatic N) is 1. The van der Waals surface area contributed by atoms with E-state index in [1.165, 1.54) is 0 Å². The van der Waals surface area contributed by atoms with E-state index < -0.39 is 5.41 Å². The molecular formula is C19H47NO3. The van der Waals surface area contributed by atoms with Gasteiger partial charge in [-0.3, -0.25) is 4.79 Å². The zero-order chi connectivity index (χ0) is 15.1. The highest BCUT2D eigenvalue weighted by Gasteiger charge is 2.37. The van der Waals surface area contributed by atoms with E-state index in [0.29, 0.717) is 13.2 Å². The molecule has 4 nitrogen and oxygen atoms in total. The van der Waals surface area contributed by atoms with Crippen molar-refractivity contribution in [2.75, 3.05) is 41.0 Å². The third kappa shape index (κ3) is 13.5. The average molecular weight is 338 g/mol. The summed E-state index contributed by atoms with van der Waals surface area (Å²) in [6, 6.07) is 0. The number of methoxy groups -OCH3 is 1. The highest BCUT2D eigenvalue weighted by atomic mass is 16.5. The maximum absolute atomic E-state index is 12.2. The van der Waals surface area contributed by atoms with Crippen LogP contribution in [0.1, 0.15) is 70.2 Å². The van der Waals surface area contributed by atoms with Crippen molar-refractivity contribution in [1.29, 1.82) is 0 Å². The lowest BCUT2D eigenvalue weighted by Crippen LogP contribution is -2.36. The van der Waals surface area contributed by atoms with Crippen molar-refractivity contribution < 1.29 is 14.3 Å². The first-order valence-corrected chi connectivity index (χ1v) is 6.98. The Labute approximate surface area is 147 Å². The molecule has 0 bridgehead atoms. The molecule has 0 aromatic carbocycles. The average Bonchev–Trinajstić information content (AvgIpc) is 2.28. The number of likely N-dealkylation sites (N-methyl/N-ethyl adjacent to an activating group) is 1. The minimum atomic E-state index is -0.477. The van der Waals surface area contributed by atoms with E-state index in [1.807, 2.05) is 32.8 Å². The highest BCUT2D eigenvalue weighted by molar-refractivity contribution is 5.75. The van der Waals surface area contributed by atoms with Crippen LogP contribution in [0.5, 0.6) is 0 Å². The molecule has 0 aliphatic carbocycles. The Morgan fingerprint density at radius 2 is 1.52 bits per heavy atom. The molecule has 0 fully saturated rings. The highest BCUT2D eigenvalue weighted by Crippen LogP contribution is 2.37. The lowest BCUT2D eigenvalue weighted by molar-refractivity contribution is -0.156. The van der Waals surface area contributed by atoms with Gasteiger partial charge in [-0.1, -0.05) is 43.6 Å². The van der Waals surface area contributed by atoms with Gasteiger partial charge in [0.2, 0.25) is 0 Å². The number of hydrogen-bond donors (Lipinski definition) is 0. The molecule has 0 N–H and O–H groups in total. The predicted octanol–water partition coefficient (Wildman–Crippen LogP) is 5.11. The molecular weight excluding hydrogens is 290 g/mol. The Morgan fingerprint density at radius 3 is 1.87 bits per heavy atom. The van der Waals surface area contributed by atoms with Crippen LogP contribution in [-0.4, -0.2) is 51.8 Å². The van der Waals surface area contributed by atoms with Crippen LogP contribution in [0.25, 0.3) is 0 Å². The SMILES string of the molecule is C.C.C.C.CCC(C)(COC)CC(C)(C)C(=O)OCCN(C)C. The summed E-state index contributed by atoms with van der Waals surface area (Å²) in [4.78, 5) is 14.2. The summed E-state index contributed by atoms with van der Waals surface area (Å²) in [6.07, 6.45) is 1.75. The third-order valence-electron chi connectivity index (χ3n) is 3.54. The van der Waals surface area contributed by atoms with Gasteiger partial charge in [-0.25, -0.2) is 0 Å². The maximum atomic E-state index is 12.2. The van der Waals surface area contributed by atoms with E-state index in [1.54, 1.807) is 7.11 Å². The molecule has 0 amide bonds. The van der Waals surface area contributed by atoms with Gasteiger partial charge in [0.25, 0.3) is 0 Å². The van der Waals surface area contributed by atoms with Gasteiger partial charge in [-0.15, -0.1) is 0 Å². The Hall–Kier alpha value is -0.610. The van der Waals surface area contributed by atoms with Crippen LogP contribution in [0.15, 0.2) is 0 Å². The summed E-state index contributed by atoms with van der Waals surface area (Å²) in [7, 11) is 5.63. The fraction of sp³-hybridized carbons (Fsp3) is 0.947. The van der Waals surface area contributed by atoms with Crippen LogP contribution in [0.2, 0.25) is 0 Å². The zero-order valence-corrected chi connectivity index (χ0v) is 13.7. The van der Waals surface area contributed by atoms with Crippen molar-refractivity contribution in [3.63, 3.8) is 0 Å². The summed E-state index contributed by atoms with van der Waals surface area (Å²) in [5.41, 5.74) is -0.464. The van der Waals surface area contributed by atoms with E-state index in [2.05, 4.69) is 13.8 Å². The van der Waals surface area contributed by atoms with Crippen molar-refractivity contribution >= 4 is 5.97 Å². The molecule has 0 radical (unpaired) electrons. The standard InChI is InChI=1S/C15H31NO3.4CH4/c1-8-15(4,12-18-7)11-14(2,3)13(17)19-10-9-16(5)6;;;;/h8-12H2,1-7H3;4*1H4. The minimum absolute atomic E-state index is 0. The van der Waals surface area contributed by atoms with E-state index >= 15 is 0 Å². The third-order valence-corrected chi connectivity index (χ3v) is 3.54. The monoisotopic (exact) mass is 337 g/mol. The van der Waals surface area contributed by atoms with Gasteiger partial charge in [0.05, 0.1) is 12.0 Å². The van der Waals surface area contributed by atoms with Gasteiger partial charge >= 0.3 is 5.97 Å². The van der Waals surface area contributed by atoms with Gasteiger partial charge in [0.1, 0.15) is 6.61 Å². The Kier molecular flexibility index (Phi) is 22.0. The molecule has 0 spiro atoms. The number of hydrogen-bond acceptors (Lipinski definition) is 4. The number of carbonyl (C=O) groups excluding carboxylic acids is 1. The quantitative estimate of drug-likeness (QED) is 0.548. The molecule has 0 aromatic heterocycles. The molecule has 23 heavy (non-hydrogen) atoms. The first-order valence-electron chi connectivity index (χ1n) is 6.98. The summed E-state index contributed by atoms with van der Waals surface area (Å²) >= 11 is 0. The Morgan fingerprint density at radius 1 is 1.04 bits per heavy atom. The maximum Gasteiger partial charge on any atom is 0.311 e. The molecule has 0 aliphatic rings. The zero-order valence-electron chi connectivity index (χ0n) is 13.7. The van der Waals surface area contributed by atoms with Crippen molar-refractivity contribution in [3.05, 3.63) is 0 Å². The van der Waals surface area contributed by atoms with Crippen LogP contribution in [0.3, 0.4) is 0 Å². The molecule has 0 saturated carbocycles. The first kappa shape index (κ1) is 33.9. The fourth-order valence-corrected chi connectivity index (χ4v) is 2.28. The van der Waals surface area contributed by atoms with Crippen LogP contribution in [0, 0.1) is 10.8 Å². The molecule has 0 aliphatic heterocycles. The lowest BCUT2D eigenvalue weighted by Gasteiger charge is -2.35. The predicted molar refractivity (Wildman–Crippen MR) is 105 cm³/mol. The van der Waals surface area contributed by atoms with E-state index in [9.17, 15) is 4.79 Å². The number of esters is 1. The van der Waals surface area contributed by atoms with Crippen molar-refractivity contribution in [2.24, 2.45) is 10.8 Å². The number of rotatable bonds is 9. The Bertz CT molecular complexity index is 278. The molecule has 0 rings (SSSR count). The number of carbonyl (C=O) groups is 1. The Balaban J connectivity index is -0.000000270. The smallest absolute Gasteiger partial charge is 0.311 e. The van der Waals surface area contributed by atoms with Crippen molar-refractivity contribution in [3.8, 4) is 0 Å². The van der Waals surface area contributed by atoms with E-state index in [4.69, 9.17) is 9.47 Å². The summed E-state index contributed by atoms with van der Waals surface area (Å²) in [6.45, 7) is 10.1. The molecule has 146 valence electrons. The fourth-order valence-electron chi connectivity index (χ4n) is 2.28. The molecule has 0 aromatic rings. The second-order valence-electron chi connectivity index (χ2n) is 6.60. The van der Waals surface area contributed by atoms with Gasteiger partial charge < -0.3 is 14.4 Å². The first-order chi connectivity index (χ1) is 8.67. The summed E-state index contributed by atoms with van der Waals surface area (Å²) < 4.78 is 10.6. The normalized spacial score (nSPS) is 12.7. The van der Waals surface area contributed by atoms with Gasteiger partial charge in [-0.05, 0) is 46.2 Å². The largest absolute Gasteiger partial charge is 0.464 e. The number of ether oxygens (including phenoxy) is 2. The topological polar surface area (TPSA) is 38.8 Å². The lowest BCUT2D eigenvalue weighted by atomic mass is 9.73. The van der Waals surface area contributed by atoms with Crippen LogP contribution in [-0.2, 0) is 14.3 Å². The van der Waals surface area contributed by atoms with Gasteiger partial charge in [0, 0.05) is 13.7 Å². The van der Waals surface area contributed by atoms with Crippen molar-refractivity contribution in [1.82, 2.24) is 4.90 Å². The summed E-state index contributed by atoms with van der Waals surface area (Å²) in [5, 5.41) is 0. The van der Waals surface area contributed by atoms with Crippen LogP contribution >= 0.6 is 0 Å².